The van der Waals surface area contributed by atoms with Crippen LogP contribution in [0.2, 0.25) is 0 Å². The van der Waals surface area contributed by atoms with Crippen LogP contribution in [0.1, 0.15) is 24.8 Å². The molecule has 6 nitrogen and oxygen atoms in total. The molecule has 25 heavy (non-hydrogen) atoms. The van der Waals surface area contributed by atoms with Crippen LogP contribution in [0.5, 0.6) is 5.75 Å². The highest BCUT2D eigenvalue weighted by Gasteiger charge is 2.23. The van der Waals surface area contributed by atoms with E-state index in [2.05, 4.69) is 5.32 Å². The van der Waals surface area contributed by atoms with Crippen LogP contribution in [0.4, 0.5) is 0 Å². The van der Waals surface area contributed by atoms with Crippen molar-refractivity contribution in [3.63, 3.8) is 0 Å². The molecule has 0 aliphatic carbocycles. The van der Waals surface area contributed by atoms with Gasteiger partial charge in [-0.3, -0.25) is 4.79 Å². The molecular formula is C19H23NO5. The molecule has 0 aromatic heterocycles. The zero-order chi connectivity index (χ0) is 18.4. The minimum atomic E-state index is -1.07. The molecule has 0 heterocycles. The number of nitrogens with one attached hydrogen (secondary N) is 1. The highest BCUT2D eigenvalue weighted by molar-refractivity contribution is 5.90. The van der Waals surface area contributed by atoms with Crippen LogP contribution in [0, 0.1) is 0 Å². The zero-order valence-electron chi connectivity index (χ0n) is 14.6. The summed E-state index contributed by atoms with van der Waals surface area (Å²) >= 11 is 0. The number of aliphatic carboxylic acids is 1. The predicted octanol–water partition coefficient (Wildman–Crippen LogP) is 2.56. The van der Waals surface area contributed by atoms with E-state index in [1.165, 1.54) is 7.11 Å². The normalized spacial score (nSPS) is 13.2. The van der Waals surface area contributed by atoms with Gasteiger partial charge in [0.05, 0.1) is 13.0 Å². The van der Waals surface area contributed by atoms with Crippen molar-refractivity contribution in [1.82, 2.24) is 5.32 Å². The van der Waals surface area contributed by atoms with Crippen molar-refractivity contribution in [3.05, 3.63) is 42.0 Å². The largest absolute Gasteiger partial charge is 0.497 e. The lowest BCUT2D eigenvalue weighted by Gasteiger charge is -2.18. The van der Waals surface area contributed by atoms with Crippen molar-refractivity contribution in [2.75, 3.05) is 20.8 Å². The van der Waals surface area contributed by atoms with E-state index in [1.807, 2.05) is 36.4 Å². The molecule has 134 valence electrons. The summed E-state index contributed by atoms with van der Waals surface area (Å²) in [6.07, 6.45) is 0.224. The van der Waals surface area contributed by atoms with E-state index in [9.17, 15) is 14.7 Å². The maximum absolute atomic E-state index is 12.4. The van der Waals surface area contributed by atoms with Crippen LogP contribution in [-0.2, 0) is 14.3 Å². The van der Waals surface area contributed by atoms with Gasteiger partial charge in [-0.15, -0.1) is 0 Å². The van der Waals surface area contributed by atoms with E-state index >= 15 is 0 Å². The molecule has 0 aliphatic heterocycles. The summed E-state index contributed by atoms with van der Waals surface area (Å²) in [5.41, 5.74) is 0.825. The first-order chi connectivity index (χ1) is 12.0. The molecule has 0 bridgehead atoms. The van der Waals surface area contributed by atoms with Crippen molar-refractivity contribution in [3.8, 4) is 5.75 Å². The van der Waals surface area contributed by atoms with E-state index in [0.29, 0.717) is 0 Å². The minimum absolute atomic E-state index is 0.224. The van der Waals surface area contributed by atoms with Crippen LogP contribution in [-0.4, -0.2) is 43.9 Å². The van der Waals surface area contributed by atoms with Gasteiger partial charge in [0, 0.05) is 20.1 Å². The van der Waals surface area contributed by atoms with Crippen molar-refractivity contribution in [1.29, 1.82) is 0 Å². The maximum atomic E-state index is 12.4. The Morgan fingerprint density at radius 3 is 2.44 bits per heavy atom. The van der Waals surface area contributed by atoms with E-state index < -0.39 is 17.9 Å². The van der Waals surface area contributed by atoms with Crippen molar-refractivity contribution >= 4 is 22.6 Å². The fraction of sp³-hybridized carbons (Fsp3) is 0.368. The fourth-order valence-corrected chi connectivity index (χ4v) is 2.58. The first-order valence-corrected chi connectivity index (χ1v) is 8.06. The third kappa shape index (κ3) is 4.70. The number of carboxylic acid groups (broad SMARTS) is 1. The lowest BCUT2D eigenvalue weighted by Crippen LogP contribution is -2.43. The first kappa shape index (κ1) is 18.7. The standard InChI is InChI=1S/C19H23NO5/c1-12(18(21)20-17(19(22)23)8-9-24-2)13-4-5-15-11-16(25-3)7-6-14(15)10-13/h4-7,10-12,17H,8-9H2,1-3H3,(H,20,21)(H,22,23). The zero-order valence-corrected chi connectivity index (χ0v) is 14.6. The number of hydrogen-bond acceptors (Lipinski definition) is 4. The molecular weight excluding hydrogens is 322 g/mol. The Kier molecular flexibility index (Phi) is 6.36. The Morgan fingerprint density at radius 2 is 1.80 bits per heavy atom. The Bertz CT molecular complexity index is 759. The summed E-state index contributed by atoms with van der Waals surface area (Å²) < 4.78 is 10.1. The second kappa shape index (κ2) is 8.48. The van der Waals surface area contributed by atoms with E-state index in [4.69, 9.17) is 9.47 Å². The summed E-state index contributed by atoms with van der Waals surface area (Å²) in [7, 11) is 3.11. The van der Waals surface area contributed by atoms with Crippen molar-refractivity contribution in [2.45, 2.75) is 25.3 Å². The summed E-state index contributed by atoms with van der Waals surface area (Å²) in [4.78, 5) is 23.7. The maximum Gasteiger partial charge on any atom is 0.326 e. The number of benzene rings is 2. The molecule has 6 heteroatoms. The molecule has 2 N–H and O–H groups in total. The van der Waals surface area contributed by atoms with Crippen molar-refractivity contribution < 1.29 is 24.2 Å². The van der Waals surface area contributed by atoms with Crippen LogP contribution < -0.4 is 10.1 Å². The van der Waals surface area contributed by atoms with Gasteiger partial charge in [0.15, 0.2) is 0 Å². The SMILES string of the molecule is COCCC(NC(=O)C(C)c1ccc2cc(OC)ccc2c1)C(=O)O. The van der Waals surface area contributed by atoms with Gasteiger partial charge in [-0.25, -0.2) is 4.79 Å². The second-order valence-corrected chi connectivity index (χ2v) is 5.88. The van der Waals surface area contributed by atoms with E-state index in [0.717, 1.165) is 22.1 Å². The molecule has 0 radical (unpaired) electrons. The summed E-state index contributed by atoms with van der Waals surface area (Å²) in [5, 5.41) is 13.8. The number of carbonyl (C=O) groups is 2. The minimum Gasteiger partial charge on any atom is -0.497 e. The van der Waals surface area contributed by atoms with Crippen LogP contribution in [0.25, 0.3) is 10.8 Å². The lowest BCUT2D eigenvalue weighted by atomic mass is 9.96. The monoisotopic (exact) mass is 345 g/mol. The smallest absolute Gasteiger partial charge is 0.326 e. The summed E-state index contributed by atoms with van der Waals surface area (Å²) in [5.74, 6) is -1.08. The third-order valence-electron chi connectivity index (χ3n) is 4.19. The molecule has 0 fully saturated rings. The Hall–Kier alpha value is -2.60. The highest BCUT2D eigenvalue weighted by Crippen LogP contribution is 2.25. The summed E-state index contributed by atoms with van der Waals surface area (Å²) in [6, 6.07) is 10.5. The third-order valence-corrected chi connectivity index (χ3v) is 4.19. The van der Waals surface area contributed by atoms with Gasteiger partial charge in [-0.1, -0.05) is 24.3 Å². The fourth-order valence-electron chi connectivity index (χ4n) is 2.58. The van der Waals surface area contributed by atoms with Gasteiger partial charge in [0.2, 0.25) is 5.91 Å². The first-order valence-electron chi connectivity index (χ1n) is 8.06. The molecule has 0 aliphatic rings. The van der Waals surface area contributed by atoms with Gasteiger partial charge < -0.3 is 19.9 Å². The quantitative estimate of drug-likeness (QED) is 0.768. The van der Waals surface area contributed by atoms with Gasteiger partial charge in [-0.05, 0) is 35.4 Å². The number of amides is 1. The molecule has 0 spiro atoms. The lowest BCUT2D eigenvalue weighted by molar-refractivity contribution is -0.142. The van der Waals surface area contributed by atoms with Crippen molar-refractivity contribution in [2.24, 2.45) is 0 Å². The molecule has 2 aromatic carbocycles. The number of carbonyl (C=O) groups excluding carboxylic acids is 1. The predicted molar refractivity (Wildman–Crippen MR) is 95.0 cm³/mol. The highest BCUT2D eigenvalue weighted by atomic mass is 16.5. The van der Waals surface area contributed by atoms with Gasteiger partial charge in [-0.2, -0.15) is 0 Å². The van der Waals surface area contributed by atoms with Gasteiger partial charge in [0.25, 0.3) is 0 Å². The average Bonchev–Trinajstić information content (AvgIpc) is 2.63. The second-order valence-electron chi connectivity index (χ2n) is 5.88. The molecule has 2 atom stereocenters. The molecule has 0 saturated heterocycles. The van der Waals surface area contributed by atoms with E-state index in [1.54, 1.807) is 14.0 Å². The van der Waals surface area contributed by atoms with E-state index in [-0.39, 0.29) is 18.9 Å². The number of rotatable bonds is 8. The van der Waals surface area contributed by atoms with Gasteiger partial charge >= 0.3 is 5.97 Å². The number of hydrogen-bond donors (Lipinski definition) is 2. The Labute approximate surface area is 146 Å². The number of carboxylic acids is 1. The topological polar surface area (TPSA) is 84.9 Å². The summed E-state index contributed by atoms with van der Waals surface area (Å²) in [6.45, 7) is 2.03. The number of ether oxygens (including phenoxy) is 2. The number of fused-ring (bicyclic) bond motifs is 1. The molecule has 2 rings (SSSR count). The Morgan fingerprint density at radius 1 is 1.12 bits per heavy atom. The number of methoxy groups -OCH3 is 2. The van der Waals surface area contributed by atoms with Crippen LogP contribution in [0.3, 0.4) is 0 Å². The van der Waals surface area contributed by atoms with Crippen LogP contribution in [0.15, 0.2) is 36.4 Å². The molecule has 0 saturated carbocycles. The van der Waals surface area contributed by atoms with Gasteiger partial charge in [0.1, 0.15) is 11.8 Å². The molecule has 2 unspecified atom stereocenters. The van der Waals surface area contributed by atoms with Crippen LogP contribution >= 0.6 is 0 Å². The molecule has 1 amide bonds. The Balaban J connectivity index is 2.15. The molecule has 2 aromatic rings. The average molecular weight is 345 g/mol.